The third-order valence-electron chi connectivity index (χ3n) is 4.86. The molecule has 138 valence electrons. The lowest BCUT2D eigenvalue weighted by atomic mass is 10.1. The van der Waals surface area contributed by atoms with Crippen LogP contribution in [0.5, 0.6) is 17.2 Å². The van der Waals surface area contributed by atoms with Crippen LogP contribution in [0.15, 0.2) is 42.5 Å². The molecule has 1 fully saturated rings. The first kappa shape index (κ1) is 17.2. The number of fused-ring (bicyclic) bond motifs is 1. The summed E-state index contributed by atoms with van der Waals surface area (Å²) in [6.45, 7) is 3.74. The van der Waals surface area contributed by atoms with Crippen molar-refractivity contribution < 1.29 is 18.9 Å². The summed E-state index contributed by atoms with van der Waals surface area (Å²) in [7, 11) is 1.66. The second-order valence-corrected chi connectivity index (χ2v) is 6.82. The van der Waals surface area contributed by atoms with E-state index in [2.05, 4.69) is 41.3 Å². The minimum absolute atomic E-state index is 0.249. The van der Waals surface area contributed by atoms with E-state index in [4.69, 9.17) is 18.9 Å². The van der Waals surface area contributed by atoms with E-state index in [9.17, 15) is 0 Å². The molecule has 0 spiro atoms. The Kier molecular flexibility index (Phi) is 5.27. The van der Waals surface area contributed by atoms with E-state index in [1.807, 2.05) is 6.07 Å². The van der Waals surface area contributed by atoms with Crippen LogP contribution in [-0.2, 0) is 17.8 Å². The van der Waals surface area contributed by atoms with Crippen molar-refractivity contribution in [3.05, 3.63) is 53.6 Å². The van der Waals surface area contributed by atoms with Crippen LogP contribution in [0, 0.1) is 0 Å². The number of nitrogens with zero attached hydrogens (tertiary/aromatic N) is 1. The van der Waals surface area contributed by atoms with Crippen molar-refractivity contribution in [1.82, 2.24) is 4.90 Å². The van der Waals surface area contributed by atoms with Gasteiger partial charge in [0.15, 0.2) is 11.5 Å². The van der Waals surface area contributed by atoms with Gasteiger partial charge in [0.25, 0.3) is 0 Å². The fourth-order valence-electron chi connectivity index (χ4n) is 3.64. The Hall–Kier alpha value is -2.24. The average Bonchev–Trinajstić information content (AvgIpc) is 3.33. The summed E-state index contributed by atoms with van der Waals surface area (Å²) in [6.07, 6.45) is 2.60. The average molecular weight is 355 g/mol. The SMILES string of the molecule is COc1cc(CN(Cc2ccccc2)C[C@@H]2CCCO2)cc2c1OCO2. The highest BCUT2D eigenvalue weighted by molar-refractivity contribution is 5.55. The number of benzene rings is 2. The third kappa shape index (κ3) is 3.94. The van der Waals surface area contributed by atoms with Gasteiger partial charge in [-0.05, 0) is 36.1 Å². The molecule has 0 amide bonds. The van der Waals surface area contributed by atoms with E-state index >= 15 is 0 Å². The second kappa shape index (κ2) is 7.98. The molecule has 0 N–H and O–H groups in total. The molecular weight excluding hydrogens is 330 g/mol. The van der Waals surface area contributed by atoms with Crippen molar-refractivity contribution in [3.8, 4) is 17.2 Å². The van der Waals surface area contributed by atoms with Crippen LogP contribution in [-0.4, -0.2) is 38.1 Å². The molecule has 0 unspecified atom stereocenters. The van der Waals surface area contributed by atoms with Gasteiger partial charge in [-0.1, -0.05) is 30.3 Å². The lowest BCUT2D eigenvalue weighted by molar-refractivity contribution is 0.0679. The molecule has 26 heavy (non-hydrogen) atoms. The Bertz CT molecular complexity index is 728. The zero-order valence-corrected chi connectivity index (χ0v) is 15.1. The van der Waals surface area contributed by atoms with Gasteiger partial charge in [-0.15, -0.1) is 0 Å². The van der Waals surface area contributed by atoms with Gasteiger partial charge in [0.1, 0.15) is 0 Å². The van der Waals surface area contributed by atoms with E-state index in [0.717, 1.165) is 56.1 Å². The van der Waals surface area contributed by atoms with Crippen molar-refractivity contribution in [2.75, 3.05) is 27.1 Å². The molecule has 2 aromatic rings. The Morgan fingerprint density at radius 2 is 1.92 bits per heavy atom. The predicted octanol–water partition coefficient (Wildman–Crippen LogP) is 3.61. The van der Waals surface area contributed by atoms with Crippen LogP contribution in [0.25, 0.3) is 0 Å². The topological polar surface area (TPSA) is 40.2 Å². The summed E-state index contributed by atoms with van der Waals surface area (Å²) >= 11 is 0. The van der Waals surface area contributed by atoms with Gasteiger partial charge in [-0.3, -0.25) is 4.90 Å². The molecule has 0 aromatic heterocycles. The van der Waals surface area contributed by atoms with E-state index in [-0.39, 0.29) is 6.79 Å². The third-order valence-corrected chi connectivity index (χ3v) is 4.86. The summed E-state index contributed by atoms with van der Waals surface area (Å²) in [5, 5.41) is 0. The van der Waals surface area contributed by atoms with Crippen LogP contribution in [0.4, 0.5) is 0 Å². The van der Waals surface area contributed by atoms with Crippen molar-refractivity contribution in [1.29, 1.82) is 0 Å². The largest absolute Gasteiger partial charge is 0.493 e. The zero-order chi connectivity index (χ0) is 17.8. The molecule has 0 bridgehead atoms. The summed E-state index contributed by atoms with van der Waals surface area (Å²) in [5.41, 5.74) is 2.46. The smallest absolute Gasteiger partial charge is 0.231 e. The lowest BCUT2D eigenvalue weighted by Crippen LogP contribution is -2.31. The molecule has 0 aliphatic carbocycles. The number of methoxy groups -OCH3 is 1. The van der Waals surface area contributed by atoms with Gasteiger partial charge in [-0.25, -0.2) is 0 Å². The number of rotatable bonds is 7. The summed E-state index contributed by atoms with van der Waals surface area (Å²) in [5.74, 6) is 2.19. The van der Waals surface area contributed by atoms with Gasteiger partial charge < -0.3 is 18.9 Å². The van der Waals surface area contributed by atoms with Crippen LogP contribution >= 0.6 is 0 Å². The van der Waals surface area contributed by atoms with Gasteiger partial charge in [-0.2, -0.15) is 0 Å². The van der Waals surface area contributed by atoms with E-state index in [1.54, 1.807) is 7.11 Å². The molecule has 5 nitrogen and oxygen atoms in total. The van der Waals surface area contributed by atoms with E-state index in [1.165, 1.54) is 5.56 Å². The minimum atomic E-state index is 0.249. The van der Waals surface area contributed by atoms with Crippen molar-refractivity contribution in [2.24, 2.45) is 0 Å². The van der Waals surface area contributed by atoms with E-state index in [0.29, 0.717) is 11.9 Å². The molecule has 5 heteroatoms. The molecular formula is C21H25NO4. The maximum atomic E-state index is 5.87. The molecule has 2 heterocycles. The first-order valence-electron chi connectivity index (χ1n) is 9.16. The van der Waals surface area contributed by atoms with E-state index < -0.39 is 0 Å². The van der Waals surface area contributed by atoms with Crippen LogP contribution in [0.2, 0.25) is 0 Å². The lowest BCUT2D eigenvalue weighted by Gasteiger charge is -2.25. The summed E-state index contributed by atoms with van der Waals surface area (Å²) in [6, 6.07) is 14.7. The Morgan fingerprint density at radius 3 is 2.69 bits per heavy atom. The highest BCUT2D eigenvalue weighted by Gasteiger charge is 2.23. The monoisotopic (exact) mass is 355 g/mol. The molecule has 2 aliphatic heterocycles. The van der Waals surface area contributed by atoms with Crippen LogP contribution < -0.4 is 14.2 Å². The van der Waals surface area contributed by atoms with Crippen molar-refractivity contribution in [3.63, 3.8) is 0 Å². The van der Waals surface area contributed by atoms with Gasteiger partial charge in [0.2, 0.25) is 12.5 Å². The minimum Gasteiger partial charge on any atom is -0.493 e. The first-order valence-corrected chi connectivity index (χ1v) is 9.16. The molecule has 2 aromatic carbocycles. The molecule has 0 saturated carbocycles. The Labute approximate surface area is 154 Å². The fourth-order valence-corrected chi connectivity index (χ4v) is 3.64. The molecule has 0 radical (unpaired) electrons. The number of ether oxygens (including phenoxy) is 4. The second-order valence-electron chi connectivity index (χ2n) is 6.82. The highest BCUT2D eigenvalue weighted by Crippen LogP contribution is 2.42. The summed E-state index contributed by atoms with van der Waals surface area (Å²) < 4.78 is 22.4. The maximum absolute atomic E-state index is 5.87. The summed E-state index contributed by atoms with van der Waals surface area (Å²) in [4.78, 5) is 2.43. The quantitative estimate of drug-likeness (QED) is 0.759. The normalized spacial score (nSPS) is 18.5. The van der Waals surface area contributed by atoms with Gasteiger partial charge in [0.05, 0.1) is 13.2 Å². The van der Waals surface area contributed by atoms with Crippen LogP contribution in [0.3, 0.4) is 0 Å². The fraction of sp³-hybridized carbons (Fsp3) is 0.429. The van der Waals surface area contributed by atoms with Crippen molar-refractivity contribution >= 4 is 0 Å². The number of hydrogen-bond donors (Lipinski definition) is 0. The first-order chi connectivity index (χ1) is 12.8. The van der Waals surface area contributed by atoms with Crippen molar-refractivity contribution in [2.45, 2.75) is 32.0 Å². The molecule has 4 rings (SSSR count). The van der Waals surface area contributed by atoms with Gasteiger partial charge >= 0.3 is 0 Å². The van der Waals surface area contributed by atoms with Gasteiger partial charge in [0, 0.05) is 26.2 Å². The highest BCUT2D eigenvalue weighted by atomic mass is 16.7. The number of hydrogen-bond acceptors (Lipinski definition) is 5. The molecule has 1 atom stereocenters. The molecule has 1 saturated heterocycles. The maximum Gasteiger partial charge on any atom is 0.231 e. The Morgan fingerprint density at radius 1 is 1.08 bits per heavy atom. The standard InChI is InChI=1S/C21H25NO4/c1-23-19-10-17(11-20-21(19)26-15-25-20)13-22(14-18-8-5-9-24-18)12-16-6-3-2-4-7-16/h2-4,6-7,10-11,18H,5,8-9,12-15H2,1H3/t18-/m0/s1. The molecule has 2 aliphatic rings. The zero-order valence-electron chi connectivity index (χ0n) is 15.1. The van der Waals surface area contributed by atoms with Crippen LogP contribution in [0.1, 0.15) is 24.0 Å². The predicted molar refractivity (Wildman–Crippen MR) is 98.6 cm³/mol. The Balaban J connectivity index is 1.53.